The number of methoxy groups -OCH3 is 1. The molecule has 0 spiro atoms. The number of hydrogen-bond donors (Lipinski definition) is 1. The molecule has 1 aromatic carbocycles. The number of rotatable bonds is 7. The number of benzene rings is 1. The summed E-state index contributed by atoms with van der Waals surface area (Å²) in [5.74, 6) is 0.0415. The first-order valence-corrected chi connectivity index (χ1v) is 6.73. The predicted octanol–water partition coefficient (Wildman–Crippen LogP) is 2.05. The van der Waals surface area contributed by atoms with Crippen LogP contribution in [0.2, 0.25) is 5.02 Å². The predicted molar refractivity (Wildman–Crippen MR) is 77.0 cm³/mol. The van der Waals surface area contributed by atoms with Crippen LogP contribution in [0.3, 0.4) is 0 Å². The summed E-state index contributed by atoms with van der Waals surface area (Å²) in [7, 11) is 1.57. The minimum atomic E-state index is -0.221. The fourth-order valence-corrected chi connectivity index (χ4v) is 2.03. The quantitative estimate of drug-likeness (QED) is 0.834. The smallest absolute Gasteiger partial charge is 0.225 e. The molecule has 0 aliphatic heterocycles. The molecule has 19 heavy (non-hydrogen) atoms. The SMILES string of the molecule is CCN(Cc1cccc(Cl)c1)C(=O)CC(CN)OC. The topological polar surface area (TPSA) is 55.6 Å². The van der Waals surface area contributed by atoms with E-state index in [1.54, 1.807) is 12.0 Å². The van der Waals surface area contributed by atoms with E-state index in [2.05, 4.69) is 0 Å². The van der Waals surface area contributed by atoms with Gasteiger partial charge in [0.1, 0.15) is 0 Å². The van der Waals surface area contributed by atoms with E-state index >= 15 is 0 Å². The van der Waals surface area contributed by atoms with Crippen LogP contribution >= 0.6 is 11.6 Å². The third-order valence-corrected chi connectivity index (χ3v) is 3.23. The summed E-state index contributed by atoms with van der Waals surface area (Å²) in [4.78, 5) is 13.9. The van der Waals surface area contributed by atoms with Crippen molar-refractivity contribution in [3.05, 3.63) is 34.9 Å². The Labute approximate surface area is 119 Å². The first-order valence-electron chi connectivity index (χ1n) is 6.35. The van der Waals surface area contributed by atoms with E-state index in [4.69, 9.17) is 22.1 Å². The van der Waals surface area contributed by atoms with Crippen molar-refractivity contribution in [3.63, 3.8) is 0 Å². The lowest BCUT2D eigenvalue weighted by Crippen LogP contribution is -2.35. The van der Waals surface area contributed by atoms with E-state index in [0.29, 0.717) is 31.1 Å². The van der Waals surface area contributed by atoms with Crippen LogP contribution in [-0.2, 0) is 16.1 Å². The highest BCUT2D eigenvalue weighted by Crippen LogP contribution is 2.13. The molecule has 1 amide bonds. The number of hydrogen-bond acceptors (Lipinski definition) is 3. The summed E-state index contributed by atoms with van der Waals surface area (Å²) in [6, 6.07) is 7.53. The van der Waals surface area contributed by atoms with Gasteiger partial charge in [-0.1, -0.05) is 23.7 Å². The van der Waals surface area contributed by atoms with Crippen molar-refractivity contribution in [2.24, 2.45) is 5.73 Å². The summed E-state index contributed by atoms with van der Waals surface area (Å²) in [6.07, 6.45) is 0.0856. The Bertz CT molecular complexity index is 408. The van der Waals surface area contributed by atoms with Crippen molar-refractivity contribution in [1.29, 1.82) is 0 Å². The second-order valence-electron chi connectivity index (χ2n) is 4.34. The average molecular weight is 285 g/mol. The molecule has 1 unspecified atom stereocenters. The fourth-order valence-electron chi connectivity index (χ4n) is 1.82. The van der Waals surface area contributed by atoms with Gasteiger partial charge in [0.05, 0.1) is 12.5 Å². The number of halogens is 1. The Morgan fingerprint density at radius 1 is 1.53 bits per heavy atom. The number of nitrogens with two attached hydrogens (primary N) is 1. The minimum absolute atomic E-state index is 0.0415. The van der Waals surface area contributed by atoms with E-state index in [9.17, 15) is 4.79 Å². The van der Waals surface area contributed by atoms with Crippen LogP contribution in [0.5, 0.6) is 0 Å². The zero-order chi connectivity index (χ0) is 14.3. The van der Waals surface area contributed by atoms with Crippen molar-refractivity contribution in [2.75, 3.05) is 20.2 Å². The molecule has 0 saturated heterocycles. The molecule has 0 aliphatic carbocycles. The molecule has 4 nitrogen and oxygen atoms in total. The molecule has 0 aliphatic rings. The second-order valence-corrected chi connectivity index (χ2v) is 4.77. The molecule has 0 fully saturated rings. The van der Waals surface area contributed by atoms with Crippen LogP contribution in [0.15, 0.2) is 24.3 Å². The first-order chi connectivity index (χ1) is 9.10. The Balaban J connectivity index is 2.64. The van der Waals surface area contributed by atoms with E-state index < -0.39 is 0 Å². The number of amides is 1. The molecular formula is C14H21ClN2O2. The van der Waals surface area contributed by atoms with Crippen molar-refractivity contribution in [1.82, 2.24) is 4.90 Å². The summed E-state index contributed by atoms with van der Waals surface area (Å²) in [5.41, 5.74) is 6.55. The lowest BCUT2D eigenvalue weighted by molar-refractivity contribution is -0.134. The largest absolute Gasteiger partial charge is 0.380 e. The van der Waals surface area contributed by atoms with Gasteiger partial charge in [0.2, 0.25) is 5.91 Å². The highest BCUT2D eigenvalue weighted by molar-refractivity contribution is 6.30. The van der Waals surface area contributed by atoms with Crippen LogP contribution < -0.4 is 5.73 Å². The molecule has 106 valence electrons. The van der Waals surface area contributed by atoms with Gasteiger partial charge in [-0.25, -0.2) is 0 Å². The van der Waals surface area contributed by atoms with Crippen LogP contribution in [0, 0.1) is 0 Å². The van der Waals surface area contributed by atoms with Crippen molar-refractivity contribution in [2.45, 2.75) is 26.0 Å². The molecule has 0 bridgehead atoms. The van der Waals surface area contributed by atoms with E-state index in [1.165, 1.54) is 0 Å². The van der Waals surface area contributed by atoms with Gasteiger partial charge < -0.3 is 15.4 Å². The molecule has 0 heterocycles. The van der Waals surface area contributed by atoms with E-state index in [1.807, 2.05) is 31.2 Å². The molecule has 0 radical (unpaired) electrons. The summed E-state index contributed by atoms with van der Waals surface area (Å²) >= 11 is 5.94. The van der Waals surface area contributed by atoms with E-state index in [-0.39, 0.29) is 12.0 Å². The Morgan fingerprint density at radius 2 is 2.26 bits per heavy atom. The Morgan fingerprint density at radius 3 is 2.79 bits per heavy atom. The van der Waals surface area contributed by atoms with Gasteiger partial charge in [0.25, 0.3) is 0 Å². The lowest BCUT2D eigenvalue weighted by Gasteiger charge is -2.23. The number of carbonyl (C=O) groups excluding carboxylic acids is 1. The standard InChI is InChI=1S/C14H21ClN2O2/c1-3-17(14(18)8-13(9-16)19-2)10-11-5-4-6-12(15)7-11/h4-7,13H,3,8-10,16H2,1-2H3. The zero-order valence-electron chi connectivity index (χ0n) is 11.4. The third-order valence-electron chi connectivity index (χ3n) is 3.00. The van der Waals surface area contributed by atoms with Crippen molar-refractivity contribution in [3.8, 4) is 0 Å². The fraction of sp³-hybridized carbons (Fsp3) is 0.500. The maximum atomic E-state index is 12.1. The zero-order valence-corrected chi connectivity index (χ0v) is 12.2. The average Bonchev–Trinajstić information content (AvgIpc) is 2.41. The van der Waals surface area contributed by atoms with Crippen molar-refractivity contribution < 1.29 is 9.53 Å². The molecule has 0 saturated carbocycles. The van der Waals surface area contributed by atoms with Gasteiger partial charge in [0, 0.05) is 31.8 Å². The Hall–Kier alpha value is -1.10. The summed E-state index contributed by atoms with van der Waals surface area (Å²) < 4.78 is 5.14. The molecular weight excluding hydrogens is 264 g/mol. The molecule has 2 N–H and O–H groups in total. The summed E-state index contributed by atoms with van der Waals surface area (Å²) in [5, 5.41) is 0.678. The van der Waals surface area contributed by atoms with Gasteiger partial charge >= 0.3 is 0 Å². The number of carbonyl (C=O) groups is 1. The van der Waals surface area contributed by atoms with Crippen LogP contribution in [0.25, 0.3) is 0 Å². The van der Waals surface area contributed by atoms with Gasteiger partial charge in [-0.3, -0.25) is 4.79 Å². The third kappa shape index (κ3) is 5.19. The summed E-state index contributed by atoms with van der Waals surface area (Å²) in [6.45, 7) is 3.49. The number of nitrogens with zero attached hydrogens (tertiary/aromatic N) is 1. The Kier molecular flexibility index (Phi) is 6.84. The van der Waals surface area contributed by atoms with Crippen LogP contribution in [0.4, 0.5) is 0 Å². The van der Waals surface area contributed by atoms with Crippen molar-refractivity contribution >= 4 is 17.5 Å². The molecule has 1 aromatic rings. The maximum absolute atomic E-state index is 12.1. The molecule has 0 aromatic heterocycles. The maximum Gasteiger partial charge on any atom is 0.225 e. The second kappa shape index (κ2) is 8.15. The molecule has 5 heteroatoms. The van der Waals surface area contributed by atoms with Gasteiger partial charge in [-0.2, -0.15) is 0 Å². The highest BCUT2D eigenvalue weighted by atomic mass is 35.5. The normalized spacial score (nSPS) is 12.2. The molecule has 1 atom stereocenters. The molecule has 1 rings (SSSR count). The monoisotopic (exact) mass is 284 g/mol. The van der Waals surface area contributed by atoms with Crippen LogP contribution in [0.1, 0.15) is 18.9 Å². The van der Waals surface area contributed by atoms with E-state index in [0.717, 1.165) is 5.56 Å². The van der Waals surface area contributed by atoms with Crippen LogP contribution in [-0.4, -0.2) is 37.1 Å². The van der Waals surface area contributed by atoms with Gasteiger partial charge in [-0.05, 0) is 24.6 Å². The first kappa shape index (κ1) is 16.0. The number of ether oxygens (including phenoxy) is 1. The lowest BCUT2D eigenvalue weighted by atomic mass is 10.2. The van der Waals surface area contributed by atoms with Gasteiger partial charge in [0.15, 0.2) is 0 Å². The highest BCUT2D eigenvalue weighted by Gasteiger charge is 2.17. The van der Waals surface area contributed by atoms with Gasteiger partial charge in [-0.15, -0.1) is 0 Å². The minimum Gasteiger partial charge on any atom is -0.380 e.